The average Bonchev–Trinajstić information content (AvgIpc) is 3.16. The van der Waals surface area contributed by atoms with Crippen LogP contribution >= 0.6 is 18.5 Å². The van der Waals surface area contributed by atoms with Gasteiger partial charge in [-0.3, -0.25) is 4.79 Å². The lowest BCUT2D eigenvalue weighted by molar-refractivity contribution is -0.118. The molecule has 0 saturated heterocycles. The van der Waals surface area contributed by atoms with E-state index in [0.717, 1.165) is 4.88 Å². The third-order valence-electron chi connectivity index (χ3n) is 3.64. The average molecular weight is 368 g/mol. The van der Waals surface area contributed by atoms with Crippen molar-refractivity contribution in [3.63, 3.8) is 0 Å². The van der Waals surface area contributed by atoms with E-state index in [9.17, 15) is 9.36 Å². The molecule has 4 nitrogen and oxygen atoms in total. The van der Waals surface area contributed by atoms with Crippen molar-refractivity contribution >= 4 is 41.2 Å². The summed E-state index contributed by atoms with van der Waals surface area (Å²) in [4.78, 5) is 13.3. The molecule has 0 aliphatic rings. The SMILES string of the molecule is O=C(CP(=O)(c1ccccc1)c1ccccc1)N/N=C\c1cccs1. The molecule has 2 aromatic carbocycles. The molecule has 0 saturated carbocycles. The molecule has 25 heavy (non-hydrogen) atoms. The number of thiophene rings is 1. The van der Waals surface area contributed by atoms with Gasteiger partial charge in [0.25, 0.3) is 0 Å². The van der Waals surface area contributed by atoms with Crippen molar-refractivity contribution in [3.8, 4) is 0 Å². The van der Waals surface area contributed by atoms with E-state index in [-0.39, 0.29) is 12.1 Å². The first-order valence-corrected chi connectivity index (χ1v) is 10.5. The molecule has 1 amide bonds. The third kappa shape index (κ3) is 4.32. The topological polar surface area (TPSA) is 58.5 Å². The molecular weight excluding hydrogens is 351 g/mol. The van der Waals surface area contributed by atoms with Gasteiger partial charge in [0.1, 0.15) is 0 Å². The molecule has 0 bridgehead atoms. The molecule has 0 unspecified atom stereocenters. The van der Waals surface area contributed by atoms with Gasteiger partial charge in [-0.15, -0.1) is 11.3 Å². The monoisotopic (exact) mass is 368 g/mol. The first kappa shape index (κ1) is 17.3. The number of benzene rings is 2. The summed E-state index contributed by atoms with van der Waals surface area (Å²) in [5.41, 5.74) is 2.48. The van der Waals surface area contributed by atoms with Gasteiger partial charge in [0.15, 0.2) is 7.14 Å². The second-order valence-electron chi connectivity index (χ2n) is 5.38. The summed E-state index contributed by atoms with van der Waals surface area (Å²) in [5.74, 6) is -0.371. The second-order valence-corrected chi connectivity index (χ2v) is 9.19. The minimum absolute atomic E-state index is 0.122. The van der Waals surface area contributed by atoms with Crippen LogP contribution in [0.2, 0.25) is 0 Å². The zero-order chi connectivity index (χ0) is 17.5. The standard InChI is InChI=1S/C19H17N2O2PS/c22-19(21-20-14-18-12-7-13-25-18)15-24(23,16-8-3-1-4-9-16)17-10-5-2-6-11-17/h1-14H,15H2,(H,21,22)/b20-14-. The molecule has 3 rings (SSSR count). The van der Waals surface area contributed by atoms with Gasteiger partial charge in [0.05, 0.1) is 12.4 Å². The number of carbonyl (C=O) groups excluding carboxylic acids is 1. The highest BCUT2D eigenvalue weighted by Crippen LogP contribution is 2.42. The first-order valence-electron chi connectivity index (χ1n) is 7.74. The number of nitrogens with zero attached hydrogens (tertiary/aromatic N) is 1. The summed E-state index contributed by atoms with van der Waals surface area (Å²) in [6, 6.07) is 22.1. The van der Waals surface area contributed by atoms with Gasteiger partial charge in [-0.25, -0.2) is 5.43 Å². The van der Waals surface area contributed by atoms with Crippen LogP contribution < -0.4 is 16.0 Å². The maximum atomic E-state index is 13.7. The molecule has 0 atom stereocenters. The lowest BCUT2D eigenvalue weighted by Crippen LogP contribution is -2.28. The van der Waals surface area contributed by atoms with Crippen LogP contribution in [0.3, 0.4) is 0 Å². The largest absolute Gasteiger partial charge is 0.313 e. The van der Waals surface area contributed by atoms with Gasteiger partial charge in [0.2, 0.25) is 5.91 Å². The summed E-state index contributed by atoms with van der Waals surface area (Å²) >= 11 is 1.53. The molecule has 1 aromatic heterocycles. The number of carbonyl (C=O) groups is 1. The molecule has 1 N–H and O–H groups in total. The predicted octanol–water partition coefficient (Wildman–Crippen LogP) is 3.21. The maximum Gasteiger partial charge on any atom is 0.248 e. The Kier molecular flexibility index (Phi) is 5.59. The minimum Gasteiger partial charge on any atom is -0.313 e. The fourth-order valence-corrected chi connectivity index (χ4v) is 5.47. The van der Waals surface area contributed by atoms with Crippen LogP contribution in [0, 0.1) is 0 Å². The van der Waals surface area contributed by atoms with E-state index in [1.165, 1.54) is 11.3 Å². The van der Waals surface area contributed by atoms with E-state index < -0.39 is 7.14 Å². The highest BCUT2D eigenvalue weighted by Gasteiger charge is 2.30. The lowest BCUT2D eigenvalue weighted by atomic mass is 10.4. The smallest absolute Gasteiger partial charge is 0.248 e. The molecular formula is C19H17N2O2PS. The van der Waals surface area contributed by atoms with Gasteiger partial charge >= 0.3 is 0 Å². The second kappa shape index (κ2) is 8.06. The van der Waals surface area contributed by atoms with E-state index in [1.54, 1.807) is 30.5 Å². The van der Waals surface area contributed by atoms with Crippen LogP contribution in [0.4, 0.5) is 0 Å². The number of hydrogen-bond donors (Lipinski definition) is 1. The highest BCUT2D eigenvalue weighted by atomic mass is 32.1. The number of hydrogen-bond acceptors (Lipinski definition) is 4. The summed E-state index contributed by atoms with van der Waals surface area (Å²) in [5, 5.41) is 7.21. The van der Waals surface area contributed by atoms with Gasteiger partial charge < -0.3 is 4.57 Å². The molecule has 6 heteroatoms. The Morgan fingerprint density at radius 1 is 0.960 bits per heavy atom. The van der Waals surface area contributed by atoms with Gasteiger partial charge in [-0.1, -0.05) is 66.7 Å². The van der Waals surface area contributed by atoms with Crippen molar-refractivity contribution in [2.24, 2.45) is 5.10 Å². The molecule has 126 valence electrons. The van der Waals surface area contributed by atoms with Crippen LogP contribution in [0.5, 0.6) is 0 Å². The summed E-state index contributed by atoms with van der Waals surface area (Å²) in [7, 11) is -3.06. The number of rotatable bonds is 6. The van der Waals surface area contributed by atoms with E-state index in [2.05, 4.69) is 10.5 Å². The predicted molar refractivity (Wildman–Crippen MR) is 105 cm³/mol. The molecule has 0 spiro atoms. The number of hydrazone groups is 1. The quantitative estimate of drug-likeness (QED) is 0.413. The van der Waals surface area contributed by atoms with Crippen molar-refractivity contribution in [1.29, 1.82) is 0 Å². The van der Waals surface area contributed by atoms with Crippen molar-refractivity contribution in [3.05, 3.63) is 83.1 Å². The van der Waals surface area contributed by atoms with Crippen molar-refractivity contribution < 1.29 is 9.36 Å². The Bertz CT molecular complexity index is 850. The van der Waals surface area contributed by atoms with Gasteiger partial charge in [0, 0.05) is 15.5 Å². The lowest BCUT2D eigenvalue weighted by Gasteiger charge is -2.18. The van der Waals surface area contributed by atoms with Crippen LogP contribution in [0.25, 0.3) is 0 Å². The highest BCUT2D eigenvalue weighted by molar-refractivity contribution is 7.79. The van der Waals surface area contributed by atoms with Gasteiger partial charge in [-0.2, -0.15) is 5.10 Å². The Morgan fingerprint density at radius 3 is 2.08 bits per heavy atom. The number of amides is 1. The maximum absolute atomic E-state index is 13.7. The Labute approximate surface area is 150 Å². The molecule has 0 aliphatic heterocycles. The van der Waals surface area contributed by atoms with Crippen molar-refractivity contribution in [2.45, 2.75) is 0 Å². The van der Waals surface area contributed by atoms with E-state index in [0.29, 0.717) is 10.6 Å². The first-order chi connectivity index (χ1) is 12.2. The van der Waals surface area contributed by atoms with Crippen molar-refractivity contribution in [2.75, 3.05) is 6.16 Å². The zero-order valence-corrected chi connectivity index (χ0v) is 15.1. The van der Waals surface area contributed by atoms with Crippen molar-refractivity contribution in [1.82, 2.24) is 5.43 Å². The third-order valence-corrected chi connectivity index (χ3v) is 7.44. The fraction of sp³-hybridized carbons (Fsp3) is 0.0526. The van der Waals surface area contributed by atoms with Crippen LogP contribution in [-0.4, -0.2) is 18.3 Å². The minimum atomic E-state index is -3.06. The molecule has 1 heterocycles. The summed E-state index contributed by atoms with van der Waals surface area (Å²) in [6.45, 7) is 0. The molecule has 0 fully saturated rings. The van der Waals surface area contributed by atoms with E-state index in [1.807, 2.05) is 53.9 Å². The van der Waals surface area contributed by atoms with E-state index >= 15 is 0 Å². The van der Waals surface area contributed by atoms with Crippen LogP contribution in [0.15, 0.2) is 83.3 Å². The molecule has 0 aliphatic carbocycles. The zero-order valence-electron chi connectivity index (χ0n) is 13.4. The van der Waals surface area contributed by atoms with Gasteiger partial charge in [-0.05, 0) is 11.4 Å². The Hall–Kier alpha value is -2.49. The van der Waals surface area contributed by atoms with Crippen LogP contribution in [0.1, 0.15) is 4.88 Å². The van der Waals surface area contributed by atoms with Crippen LogP contribution in [-0.2, 0) is 9.36 Å². The van der Waals surface area contributed by atoms with E-state index in [4.69, 9.17) is 0 Å². The Balaban J connectivity index is 1.81. The Morgan fingerprint density at radius 2 is 1.56 bits per heavy atom. The molecule has 0 radical (unpaired) electrons. The summed E-state index contributed by atoms with van der Waals surface area (Å²) in [6.07, 6.45) is 1.46. The fourth-order valence-electron chi connectivity index (χ4n) is 2.44. The molecule has 3 aromatic rings. The normalized spacial score (nSPS) is 11.5. The summed E-state index contributed by atoms with van der Waals surface area (Å²) < 4.78 is 13.7. The number of nitrogens with one attached hydrogen (secondary N) is 1.